The maximum atomic E-state index is 12.7. The van der Waals surface area contributed by atoms with Crippen LogP contribution in [0.1, 0.15) is 36.8 Å². The predicted octanol–water partition coefficient (Wildman–Crippen LogP) is 3.54. The SMILES string of the molecule is N#Cc1ccc2[nH]c(=O)c3cc(CC(C#N)NC(=O)[C@H]4C[C@@H]5CC[C@H]4C5)ccc3c2c1. The van der Waals surface area contributed by atoms with Gasteiger partial charge in [0.05, 0.1) is 17.7 Å². The van der Waals surface area contributed by atoms with E-state index < -0.39 is 6.04 Å². The monoisotopic (exact) mass is 410 g/mol. The van der Waals surface area contributed by atoms with E-state index in [2.05, 4.69) is 22.4 Å². The number of H-pyrrole nitrogens is 1. The first-order valence-electron chi connectivity index (χ1n) is 10.7. The zero-order chi connectivity index (χ0) is 21.5. The minimum atomic E-state index is -0.631. The van der Waals surface area contributed by atoms with Gasteiger partial charge in [0.15, 0.2) is 0 Å². The van der Waals surface area contributed by atoms with Crippen molar-refractivity contribution in [2.24, 2.45) is 17.8 Å². The average molecular weight is 410 g/mol. The molecule has 6 nitrogen and oxygen atoms in total. The maximum absolute atomic E-state index is 12.7. The molecule has 0 aliphatic heterocycles. The van der Waals surface area contributed by atoms with Gasteiger partial charge in [-0.25, -0.2) is 0 Å². The van der Waals surface area contributed by atoms with Gasteiger partial charge >= 0.3 is 0 Å². The molecule has 5 rings (SSSR count). The fourth-order valence-electron chi connectivity index (χ4n) is 5.49. The molecule has 2 aliphatic carbocycles. The number of fused-ring (bicyclic) bond motifs is 5. The lowest BCUT2D eigenvalue weighted by Gasteiger charge is -2.22. The van der Waals surface area contributed by atoms with Gasteiger partial charge in [-0.3, -0.25) is 9.59 Å². The van der Waals surface area contributed by atoms with Crippen LogP contribution in [0.25, 0.3) is 21.7 Å². The number of amides is 1. The van der Waals surface area contributed by atoms with Crippen molar-refractivity contribution in [3.05, 3.63) is 57.9 Å². The van der Waals surface area contributed by atoms with E-state index >= 15 is 0 Å². The largest absolute Gasteiger partial charge is 0.340 e. The number of nitrogens with one attached hydrogen (secondary N) is 2. The molecule has 0 spiro atoms. The summed E-state index contributed by atoms with van der Waals surface area (Å²) in [6.45, 7) is 0. The molecule has 4 atom stereocenters. The van der Waals surface area contributed by atoms with Crippen molar-refractivity contribution < 1.29 is 4.79 Å². The smallest absolute Gasteiger partial charge is 0.256 e. The zero-order valence-electron chi connectivity index (χ0n) is 17.0. The zero-order valence-corrected chi connectivity index (χ0v) is 17.0. The lowest BCUT2D eigenvalue weighted by atomic mass is 9.88. The van der Waals surface area contributed by atoms with Gasteiger partial charge in [0.2, 0.25) is 5.91 Å². The molecular formula is C25H22N4O2. The number of rotatable bonds is 4. The first-order valence-corrected chi connectivity index (χ1v) is 10.7. The summed E-state index contributed by atoms with van der Waals surface area (Å²) in [6.07, 6.45) is 4.78. The Hall–Kier alpha value is -3.64. The first-order chi connectivity index (χ1) is 15.1. The number of aromatic amines is 1. The Morgan fingerprint density at radius 3 is 2.68 bits per heavy atom. The van der Waals surface area contributed by atoms with E-state index in [9.17, 15) is 20.1 Å². The number of carbonyl (C=O) groups is 1. The molecule has 154 valence electrons. The van der Waals surface area contributed by atoms with E-state index in [1.807, 2.05) is 12.1 Å². The molecule has 6 heteroatoms. The highest BCUT2D eigenvalue weighted by atomic mass is 16.2. The van der Waals surface area contributed by atoms with Crippen LogP contribution in [0.2, 0.25) is 0 Å². The third-order valence-corrected chi connectivity index (χ3v) is 7.00. The van der Waals surface area contributed by atoms with Crippen molar-refractivity contribution in [3.8, 4) is 12.1 Å². The van der Waals surface area contributed by atoms with Gasteiger partial charge in [0, 0.05) is 28.6 Å². The number of benzene rings is 2. The van der Waals surface area contributed by atoms with E-state index in [1.165, 1.54) is 6.42 Å². The van der Waals surface area contributed by atoms with Gasteiger partial charge in [-0.05, 0) is 66.3 Å². The summed E-state index contributed by atoms with van der Waals surface area (Å²) in [5.41, 5.74) is 1.80. The Morgan fingerprint density at radius 2 is 1.97 bits per heavy atom. The van der Waals surface area contributed by atoms with Gasteiger partial charge in [-0.2, -0.15) is 10.5 Å². The summed E-state index contributed by atoms with van der Waals surface area (Å²) in [5, 5.41) is 23.8. The van der Waals surface area contributed by atoms with Crippen molar-refractivity contribution in [2.45, 2.75) is 38.1 Å². The molecule has 2 aromatic carbocycles. The van der Waals surface area contributed by atoms with Crippen molar-refractivity contribution in [1.82, 2.24) is 10.3 Å². The van der Waals surface area contributed by atoms with E-state index in [0.717, 1.165) is 35.6 Å². The number of hydrogen-bond acceptors (Lipinski definition) is 4. The van der Waals surface area contributed by atoms with Crippen LogP contribution < -0.4 is 10.9 Å². The first kappa shape index (κ1) is 19.3. The summed E-state index contributed by atoms with van der Waals surface area (Å²) >= 11 is 0. The van der Waals surface area contributed by atoms with Crippen molar-refractivity contribution >= 4 is 27.6 Å². The van der Waals surface area contributed by atoms with E-state index in [1.54, 1.807) is 24.3 Å². The highest BCUT2D eigenvalue weighted by molar-refractivity contribution is 6.05. The van der Waals surface area contributed by atoms with Crippen molar-refractivity contribution in [1.29, 1.82) is 10.5 Å². The number of nitrogens with zero attached hydrogens (tertiary/aromatic N) is 2. The van der Waals surface area contributed by atoms with Crippen LogP contribution >= 0.6 is 0 Å². The van der Waals surface area contributed by atoms with E-state index in [4.69, 9.17) is 0 Å². The third-order valence-electron chi connectivity index (χ3n) is 7.00. The van der Waals surface area contributed by atoms with Crippen LogP contribution in [0.15, 0.2) is 41.2 Å². The molecule has 2 saturated carbocycles. The molecule has 1 unspecified atom stereocenters. The summed E-state index contributed by atoms with van der Waals surface area (Å²) < 4.78 is 0. The standard InChI is InChI=1S/C25H22N4O2/c26-12-16-3-6-23-21(11-16)19-5-2-15(10-22(19)25(31)29-23)8-18(13-27)28-24(30)20-9-14-1-4-17(20)7-14/h2-3,5-6,10-11,14,17-18,20H,1,4,7-9H2,(H,28,30)(H,29,31)/t14-,17+,18?,20+/m1/s1. The molecule has 1 amide bonds. The fourth-order valence-corrected chi connectivity index (χ4v) is 5.49. The summed E-state index contributed by atoms with van der Waals surface area (Å²) in [6, 6.07) is 14.4. The second-order valence-corrected chi connectivity index (χ2v) is 8.88. The lowest BCUT2D eigenvalue weighted by Crippen LogP contribution is -2.41. The Morgan fingerprint density at radius 1 is 1.10 bits per heavy atom. The molecule has 3 aromatic rings. The molecule has 2 fully saturated rings. The number of nitriles is 2. The fraction of sp³-hybridized carbons (Fsp3) is 0.360. The van der Waals surface area contributed by atoms with Crippen LogP contribution in [0, 0.1) is 40.4 Å². The number of aromatic nitrogens is 1. The Labute approximate surface area is 179 Å². The Bertz CT molecular complexity index is 1340. The normalized spacial score (nSPS) is 22.8. The van der Waals surface area contributed by atoms with Crippen molar-refractivity contribution in [2.75, 3.05) is 0 Å². The van der Waals surface area contributed by atoms with Crippen LogP contribution in [-0.2, 0) is 11.2 Å². The van der Waals surface area contributed by atoms with Crippen LogP contribution in [-0.4, -0.2) is 16.9 Å². The number of pyridine rings is 1. The molecule has 0 radical (unpaired) electrons. The molecule has 0 saturated heterocycles. The van der Waals surface area contributed by atoms with Gasteiger partial charge in [-0.1, -0.05) is 18.6 Å². The number of hydrogen-bond donors (Lipinski definition) is 2. The van der Waals surface area contributed by atoms with Crippen molar-refractivity contribution in [3.63, 3.8) is 0 Å². The average Bonchev–Trinajstić information content (AvgIpc) is 3.42. The Kier molecular flexibility index (Phi) is 4.71. The Balaban J connectivity index is 1.40. The molecule has 31 heavy (non-hydrogen) atoms. The van der Waals surface area contributed by atoms with Gasteiger partial charge < -0.3 is 10.3 Å². The van der Waals surface area contributed by atoms with Gasteiger partial charge in [-0.15, -0.1) is 0 Å². The number of carbonyl (C=O) groups excluding carboxylic acids is 1. The minimum absolute atomic E-state index is 0.00702. The highest BCUT2D eigenvalue weighted by Gasteiger charge is 2.43. The third kappa shape index (κ3) is 3.45. The molecule has 2 aliphatic rings. The van der Waals surface area contributed by atoms with Crippen LogP contribution in [0.3, 0.4) is 0 Å². The van der Waals surface area contributed by atoms with Gasteiger partial charge in [0.25, 0.3) is 5.56 Å². The molecule has 2 bridgehead atoms. The molecule has 1 heterocycles. The quantitative estimate of drug-likeness (QED) is 0.641. The second kappa shape index (κ2) is 7.56. The second-order valence-electron chi connectivity index (χ2n) is 8.88. The van der Waals surface area contributed by atoms with E-state index in [0.29, 0.717) is 34.7 Å². The molecule has 2 N–H and O–H groups in total. The lowest BCUT2D eigenvalue weighted by molar-refractivity contribution is -0.126. The maximum Gasteiger partial charge on any atom is 0.256 e. The van der Waals surface area contributed by atoms with Gasteiger partial charge in [0.1, 0.15) is 6.04 Å². The van der Waals surface area contributed by atoms with E-state index in [-0.39, 0.29) is 17.4 Å². The van der Waals surface area contributed by atoms with Crippen LogP contribution in [0.5, 0.6) is 0 Å². The molecular weight excluding hydrogens is 388 g/mol. The summed E-state index contributed by atoms with van der Waals surface area (Å²) in [5.74, 6) is 1.17. The molecule has 1 aromatic heterocycles. The highest BCUT2D eigenvalue weighted by Crippen LogP contribution is 2.48. The topological polar surface area (TPSA) is 110 Å². The van der Waals surface area contributed by atoms with Crippen LogP contribution in [0.4, 0.5) is 0 Å². The summed E-state index contributed by atoms with van der Waals surface area (Å²) in [4.78, 5) is 28.2. The predicted molar refractivity (Wildman–Crippen MR) is 117 cm³/mol. The minimum Gasteiger partial charge on any atom is -0.340 e. The summed E-state index contributed by atoms with van der Waals surface area (Å²) in [7, 11) is 0.